The average molecular weight is 395 g/mol. The highest BCUT2D eigenvalue weighted by atomic mass is 16.5. The van der Waals surface area contributed by atoms with Crippen molar-refractivity contribution in [1.29, 1.82) is 0 Å². The monoisotopic (exact) mass is 394 g/mol. The van der Waals surface area contributed by atoms with Crippen molar-refractivity contribution < 1.29 is 19.1 Å². The van der Waals surface area contributed by atoms with Gasteiger partial charge in [-0.2, -0.15) is 0 Å². The Labute approximate surface area is 173 Å². The van der Waals surface area contributed by atoms with E-state index >= 15 is 0 Å². The van der Waals surface area contributed by atoms with Crippen molar-refractivity contribution in [3.05, 3.63) is 0 Å². The van der Waals surface area contributed by atoms with Crippen molar-refractivity contribution >= 4 is 11.9 Å². The molecule has 0 aliphatic rings. The van der Waals surface area contributed by atoms with Crippen molar-refractivity contribution in [2.45, 2.75) is 105 Å². The summed E-state index contributed by atoms with van der Waals surface area (Å²) in [6.45, 7) is 7.79. The maximum Gasteiger partial charge on any atom is 0.311 e. The highest BCUT2D eigenvalue weighted by Crippen LogP contribution is 2.26. The molecule has 0 aromatic heterocycles. The summed E-state index contributed by atoms with van der Waals surface area (Å²) in [6, 6.07) is 0. The molecule has 0 radical (unpaired) electrons. The lowest BCUT2D eigenvalue weighted by Gasteiger charge is -2.20. The van der Waals surface area contributed by atoms with E-state index < -0.39 is 0 Å². The maximum atomic E-state index is 11.6. The molecule has 4 nitrogen and oxygen atoms in total. The Hall–Kier alpha value is -1.50. The quantitative estimate of drug-likeness (QED) is 0.204. The number of rotatable bonds is 14. The molecule has 4 heteroatoms. The largest absolute Gasteiger partial charge is 0.469 e. The Morgan fingerprint density at radius 2 is 0.929 bits per heavy atom. The Balaban J connectivity index is 3.57. The van der Waals surface area contributed by atoms with Crippen molar-refractivity contribution in [3.63, 3.8) is 0 Å². The predicted octanol–water partition coefficient (Wildman–Crippen LogP) is 6.07. The van der Waals surface area contributed by atoms with E-state index in [-0.39, 0.29) is 22.8 Å². The summed E-state index contributed by atoms with van der Waals surface area (Å²) < 4.78 is 9.66. The van der Waals surface area contributed by atoms with Gasteiger partial charge < -0.3 is 9.47 Å². The van der Waals surface area contributed by atoms with Gasteiger partial charge in [-0.1, -0.05) is 38.5 Å². The van der Waals surface area contributed by atoms with E-state index in [9.17, 15) is 9.59 Å². The third kappa shape index (κ3) is 12.1. The molecule has 0 unspecified atom stereocenters. The molecule has 0 N–H and O–H groups in total. The fourth-order valence-electron chi connectivity index (χ4n) is 3.20. The van der Waals surface area contributed by atoms with Crippen LogP contribution in [0.3, 0.4) is 0 Å². The summed E-state index contributed by atoms with van der Waals surface area (Å²) >= 11 is 0. The minimum atomic E-state index is -0.371. The smallest absolute Gasteiger partial charge is 0.311 e. The van der Waals surface area contributed by atoms with Gasteiger partial charge in [-0.3, -0.25) is 9.59 Å². The molecule has 0 rings (SSSR count). The van der Waals surface area contributed by atoms with E-state index in [0.29, 0.717) is 0 Å². The predicted molar refractivity (Wildman–Crippen MR) is 115 cm³/mol. The number of methoxy groups -OCH3 is 2. The molecule has 0 fully saturated rings. The topological polar surface area (TPSA) is 52.6 Å². The Morgan fingerprint density at radius 1 is 0.607 bits per heavy atom. The molecular weight excluding hydrogens is 352 g/mol. The van der Waals surface area contributed by atoms with Crippen LogP contribution in [-0.4, -0.2) is 26.2 Å². The SMILES string of the molecule is COC(=O)C(C)(C)CCCCCCC#CCCCCCCC(C)(C)C(=O)OC. The van der Waals surface area contributed by atoms with E-state index in [1.54, 1.807) is 0 Å². The zero-order valence-electron chi connectivity index (χ0n) is 19.1. The molecule has 0 bridgehead atoms. The van der Waals surface area contributed by atoms with Gasteiger partial charge in [-0.25, -0.2) is 0 Å². The molecule has 0 aliphatic heterocycles. The Morgan fingerprint density at radius 3 is 1.25 bits per heavy atom. The molecule has 0 aromatic rings. The van der Waals surface area contributed by atoms with Gasteiger partial charge in [0.25, 0.3) is 0 Å². The van der Waals surface area contributed by atoms with Crippen LogP contribution in [0.1, 0.15) is 105 Å². The second-order valence-corrected chi connectivity index (χ2v) is 8.93. The van der Waals surface area contributed by atoms with Gasteiger partial charge >= 0.3 is 11.9 Å². The standard InChI is InChI=1S/C24H42O4/c1-23(2,21(25)27-5)19-17-15-13-11-9-7-8-10-12-14-16-18-20-24(3,4)22(26)28-6/h9-20H2,1-6H3. The second kappa shape index (κ2) is 14.5. The summed E-state index contributed by atoms with van der Waals surface area (Å²) in [5.41, 5.74) is -0.743. The fourth-order valence-corrected chi connectivity index (χ4v) is 3.20. The van der Waals surface area contributed by atoms with Gasteiger partial charge in [-0.15, -0.1) is 11.8 Å². The lowest BCUT2D eigenvalue weighted by atomic mass is 9.87. The van der Waals surface area contributed by atoms with Gasteiger partial charge in [0.1, 0.15) is 0 Å². The van der Waals surface area contributed by atoms with Crippen LogP contribution in [0.5, 0.6) is 0 Å². The summed E-state index contributed by atoms with van der Waals surface area (Å²) in [5.74, 6) is 6.30. The highest BCUT2D eigenvalue weighted by Gasteiger charge is 2.28. The van der Waals surface area contributed by atoms with Crippen molar-refractivity contribution in [3.8, 4) is 11.8 Å². The molecule has 0 heterocycles. The lowest BCUT2D eigenvalue weighted by Crippen LogP contribution is -2.25. The normalized spacial score (nSPS) is 11.5. The van der Waals surface area contributed by atoms with E-state index in [1.165, 1.54) is 27.1 Å². The van der Waals surface area contributed by atoms with E-state index in [2.05, 4.69) is 11.8 Å². The number of carbonyl (C=O) groups is 2. The molecule has 0 atom stereocenters. The molecule has 0 saturated carbocycles. The van der Waals surface area contributed by atoms with E-state index in [0.717, 1.165) is 64.2 Å². The molecular formula is C24H42O4. The summed E-state index contributed by atoms with van der Waals surface area (Å²) in [4.78, 5) is 23.2. The van der Waals surface area contributed by atoms with Crippen molar-refractivity contribution in [1.82, 2.24) is 0 Å². The van der Waals surface area contributed by atoms with Crippen LogP contribution < -0.4 is 0 Å². The van der Waals surface area contributed by atoms with Gasteiger partial charge in [0.2, 0.25) is 0 Å². The van der Waals surface area contributed by atoms with Gasteiger partial charge in [0.15, 0.2) is 0 Å². The van der Waals surface area contributed by atoms with Crippen LogP contribution in [0, 0.1) is 22.7 Å². The van der Waals surface area contributed by atoms with Gasteiger partial charge in [0.05, 0.1) is 25.0 Å². The molecule has 162 valence electrons. The number of carbonyl (C=O) groups excluding carboxylic acids is 2. The summed E-state index contributed by atoms with van der Waals surface area (Å²) in [5, 5.41) is 0. The first kappa shape index (κ1) is 26.5. The molecule has 0 saturated heterocycles. The minimum Gasteiger partial charge on any atom is -0.469 e. The van der Waals surface area contributed by atoms with E-state index in [1.807, 2.05) is 27.7 Å². The van der Waals surface area contributed by atoms with Crippen LogP contribution >= 0.6 is 0 Å². The van der Waals surface area contributed by atoms with Crippen LogP contribution in [-0.2, 0) is 19.1 Å². The molecule has 0 spiro atoms. The van der Waals surface area contributed by atoms with Gasteiger partial charge in [-0.05, 0) is 53.4 Å². The first-order chi connectivity index (χ1) is 13.2. The number of esters is 2. The third-order valence-electron chi connectivity index (χ3n) is 5.31. The number of unbranched alkanes of at least 4 members (excludes halogenated alkanes) is 8. The zero-order chi connectivity index (χ0) is 21.5. The van der Waals surface area contributed by atoms with Gasteiger partial charge in [0, 0.05) is 12.8 Å². The summed E-state index contributed by atoms with van der Waals surface area (Å²) in [7, 11) is 2.91. The first-order valence-electron chi connectivity index (χ1n) is 10.8. The minimum absolute atomic E-state index is 0.120. The third-order valence-corrected chi connectivity index (χ3v) is 5.31. The molecule has 0 amide bonds. The zero-order valence-corrected chi connectivity index (χ0v) is 19.1. The lowest BCUT2D eigenvalue weighted by molar-refractivity contribution is -0.151. The first-order valence-corrected chi connectivity index (χ1v) is 10.8. The maximum absolute atomic E-state index is 11.6. The molecule has 0 aliphatic carbocycles. The molecule has 28 heavy (non-hydrogen) atoms. The van der Waals surface area contributed by atoms with Crippen LogP contribution in [0.25, 0.3) is 0 Å². The highest BCUT2D eigenvalue weighted by molar-refractivity contribution is 5.76. The average Bonchev–Trinajstić information content (AvgIpc) is 2.66. The second-order valence-electron chi connectivity index (χ2n) is 8.93. The van der Waals surface area contributed by atoms with Crippen LogP contribution in [0.15, 0.2) is 0 Å². The fraction of sp³-hybridized carbons (Fsp3) is 0.833. The molecule has 0 aromatic carbocycles. The number of ether oxygens (including phenoxy) is 2. The Kier molecular flexibility index (Phi) is 13.7. The Bertz CT molecular complexity index is 464. The van der Waals surface area contributed by atoms with E-state index in [4.69, 9.17) is 9.47 Å². The summed E-state index contributed by atoms with van der Waals surface area (Å²) in [6.07, 6.45) is 12.7. The number of hydrogen-bond acceptors (Lipinski definition) is 4. The number of hydrogen-bond donors (Lipinski definition) is 0. The van der Waals surface area contributed by atoms with Crippen molar-refractivity contribution in [2.75, 3.05) is 14.2 Å². The van der Waals surface area contributed by atoms with Crippen molar-refractivity contribution in [2.24, 2.45) is 10.8 Å². The van der Waals surface area contributed by atoms with Crippen LogP contribution in [0.2, 0.25) is 0 Å². The van der Waals surface area contributed by atoms with Crippen LogP contribution in [0.4, 0.5) is 0 Å².